The van der Waals surface area contributed by atoms with Crippen LogP contribution >= 0.6 is 11.8 Å². The molecule has 2 aromatic rings. The molecular weight excluding hydrogens is 392 g/mol. The zero-order valence-electron chi connectivity index (χ0n) is 16.2. The molecule has 3 rings (SSSR count). The number of carbonyl (C=O) groups is 1. The van der Waals surface area contributed by atoms with Gasteiger partial charge in [0.15, 0.2) is 0 Å². The molecule has 0 saturated carbocycles. The van der Waals surface area contributed by atoms with Crippen molar-refractivity contribution in [3.8, 4) is 0 Å². The first kappa shape index (κ1) is 20.9. The number of benzene rings is 2. The highest BCUT2D eigenvalue weighted by Gasteiger charge is 2.26. The summed E-state index contributed by atoms with van der Waals surface area (Å²) >= 11 is 1.47. The van der Waals surface area contributed by atoms with Crippen LogP contribution < -0.4 is 5.32 Å². The molecule has 0 bridgehead atoms. The maximum absolute atomic E-state index is 12.9. The van der Waals surface area contributed by atoms with Gasteiger partial charge in [-0.1, -0.05) is 30.7 Å². The van der Waals surface area contributed by atoms with Gasteiger partial charge in [-0.25, -0.2) is 8.42 Å². The van der Waals surface area contributed by atoms with E-state index in [2.05, 4.69) is 5.32 Å². The Kier molecular flexibility index (Phi) is 6.80. The van der Waals surface area contributed by atoms with E-state index in [0.29, 0.717) is 18.8 Å². The molecule has 0 aromatic heterocycles. The van der Waals surface area contributed by atoms with Crippen molar-refractivity contribution in [2.45, 2.75) is 48.2 Å². The van der Waals surface area contributed by atoms with Gasteiger partial charge in [-0.2, -0.15) is 4.31 Å². The number of hydrogen-bond acceptors (Lipinski definition) is 4. The third-order valence-electron chi connectivity index (χ3n) is 4.85. The van der Waals surface area contributed by atoms with Crippen LogP contribution in [0, 0.1) is 6.92 Å². The number of nitrogens with zero attached hydrogens (tertiary/aromatic N) is 1. The summed E-state index contributed by atoms with van der Waals surface area (Å²) in [6.07, 6.45) is 2.85. The van der Waals surface area contributed by atoms with Gasteiger partial charge in [-0.15, -0.1) is 11.8 Å². The molecule has 1 atom stereocenters. The SMILES string of the molecule is Cc1ccc(S(=O)(=O)N2CCCCC2)cc1NC(=O)C(C)Sc1ccccc1. The Morgan fingerprint density at radius 3 is 2.43 bits per heavy atom. The van der Waals surface area contributed by atoms with Crippen molar-refractivity contribution in [3.63, 3.8) is 0 Å². The third-order valence-corrected chi connectivity index (χ3v) is 7.85. The standard InChI is InChI=1S/C21H26N2O3S2/c1-16-11-12-19(28(25,26)23-13-7-4-8-14-23)15-20(16)22-21(24)17(2)27-18-9-5-3-6-10-18/h3,5-6,9-12,15,17H,4,7-8,13-14H2,1-2H3,(H,22,24). The second kappa shape index (κ2) is 9.11. The zero-order chi connectivity index (χ0) is 20.1. The summed E-state index contributed by atoms with van der Waals surface area (Å²) in [7, 11) is -3.53. The number of anilines is 1. The minimum absolute atomic E-state index is 0.149. The van der Waals surface area contributed by atoms with Gasteiger partial charge in [0.2, 0.25) is 15.9 Å². The van der Waals surface area contributed by atoms with Crippen LogP contribution in [0.15, 0.2) is 58.3 Å². The fourth-order valence-electron chi connectivity index (χ4n) is 3.14. The van der Waals surface area contributed by atoms with Gasteiger partial charge in [0, 0.05) is 23.7 Å². The minimum Gasteiger partial charge on any atom is -0.325 e. The van der Waals surface area contributed by atoms with E-state index in [-0.39, 0.29) is 16.1 Å². The average molecular weight is 419 g/mol. The van der Waals surface area contributed by atoms with Gasteiger partial charge in [0.05, 0.1) is 10.1 Å². The molecule has 28 heavy (non-hydrogen) atoms. The van der Waals surface area contributed by atoms with Crippen LogP contribution in [0.25, 0.3) is 0 Å². The topological polar surface area (TPSA) is 66.5 Å². The number of aryl methyl sites for hydroxylation is 1. The minimum atomic E-state index is -3.53. The van der Waals surface area contributed by atoms with E-state index in [4.69, 9.17) is 0 Å². The molecule has 1 saturated heterocycles. The summed E-state index contributed by atoms with van der Waals surface area (Å²) in [5, 5.41) is 2.60. The van der Waals surface area contributed by atoms with E-state index in [0.717, 1.165) is 29.7 Å². The van der Waals surface area contributed by atoms with Crippen molar-refractivity contribution in [3.05, 3.63) is 54.1 Å². The van der Waals surface area contributed by atoms with Crippen molar-refractivity contribution in [1.29, 1.82) is 0 Å². The lowest BCUT2D eigenvalue weighted by Gasteiger charge is -2.26. The Hall–Kier alpha value is -1.83. The van der Waals surface area contributed by atoms with Crippen molar-refractivity contribution < 1.29 is 13.2 Å². The first-order valence-corrected chi connectivity index (χ1v) is 11.8. The van der Waals surface area contributed by atoms with Crippen molar-refractivity contribution in [2.75, 3.05) is 18.4 Å². The summed E-state index contributed by atoms with van der Waals surface area (Å²) < 4.78 is 27.4. The highest BCUT2D eigenvalue weighted by Crippen LogP contribution is 2.27. The lowest BCUT2D eigenvalue weighted by Crippen LogP contribution is -2.35. The average Bonchev–Trinajstić information content (AvgIpc) is 2.71. The van der Waals surface area contributed by atoms with Crippen molar-refractivity contribution >= 4 is 33.4 Å². The van der Waals surface area contributed by atoms with E-state index in [1.54, 1.807) is 22.5 Å². The van der Waals surface area contributed by atoms with Crippen LogP contribution in [0.4, 0.5) is 5.69 Å². The first-order valence-electron chi connectivity index (χ1n) is 9.51. The van der Waals surface area contributed by atoms with E-state index < -0.39 is 10.0 Å². The Bertz CT molecular complexity index is 924. The number of carbonyl (C=O) groups excluding carboxylic acids is 1. The molecular formula is C21H26N2O3S2. The maximum Gasteiger partial charge on any atom is 0.243 e. The molecule has 5 nitrogen and oxygen atoms in total. The Morgan fingerprint density at radius 1 is 1.07 bits per heavy atom. The second-order valence-electron chi connectivity index (χ2n) is 7.00. The number of piperidine rings is 1. The lowest BCUT2D eigenvalue weighted by molar-refractivity contribution is -0.115. The normalized spacial score (nSPS) is 16.5. The van der Waals surface area contributed by atoms with Gasteiger partial charge in [0.1, 0.15) is 0 Å². The van der Waals surface area contributed by atoms with E-state index in [1.165, 1.54) is 11.8 Å². The number of sulfonamides is 1. The van der Waals surface area contributed by atoms with Gasteiger partial charge >= 0.3 is 0 Å². The monoisotopic (exact) mass is 418 g/mol. The molecule has 150 valence electrons. The van der Waals surface area contributed by atoms with Crippen LogP contribution in [0.1, 0.15) is 31.7 Å². The number of amides is 1. The Morgan fingerprint density at radius 2 is 1.75 bits per heavy atom. The number of hydrogen-bond donors (Lipinski definition) is 1. The largest absolute Gasteiger partial charge is 0.325 e. The van der Waals surface area contributed by atoms with Crippen LogP contribution in [-0.4, -0.2) is 37.0 Å². The molecule has 1 aliphatic rings. The molecule has 0 radical (unpaired) electrons. The van der Waals surface area contributed by atoms with Crippen LogP contribution in [-0.2, 0) is 14.8 Å². The molecule has 2 aromatic carbocycles. The van der Waals surface area contributed by atoms with Crippen molar-refractivity contribution in [1.82, 2.24) is 4.31 Å². The fraction of sp³-hybridized carbons (Fsp3) is 0.381. The van der Waals surface area contributed by atoms with Gasteiger partial charge in [-0.05, 0) is 56.5 Å². The van der Waals surface area contributed by atoms with Crippen LogP contribution in [0.3, 0.4) is 0 Å². The molecule has 1 N–H and O–H groups in total. The Balaban J connectivity index is 1.75. The molecule has 1 unspecified atom stereocenters. The van der Waals surface area contributed by atoms with E-state index >= 15 is 0 Å². The highest BCUT2D eigenvalue weighted by atomic mass is 32.2. The number of rotatable bonds is 6. The van der Waals surface area contributed by atoms with Crippen LogP contribution in [0.2, 0.25) is 0 Å². The number of nitrogens with one attached hydrogen (secondary N) is 1. The predicted octanol–water partition coefficient (Wildman–Crippen LogP) is 4.29. The van der Waals surface area contributed by atoms with Gasteiger partial charge in [0.25, 0.3) is 0 Å². The summed E-state index contributed by atoms with van der Waals surface area (Å²) in [4.78, 5) is 13.9. The van der Waals surface area contributed by atoms with E-state index in [1.807, 2.05) is 44.2 Å². The maximum atomic E-state index is 12.9. The summed E-state index contributed by atoms with van der Waals surface area (Å²) in [6, 6.07) is 14.7. The molecule has 1 amide bonds. The Labute approximate surface area is 171 Å². The zero-order valence-corrected chi connectivity index (χ0v) is 17.9. The lowest BCUT2D eigenvalue weighted by atomic mass is 10.2. The molecule has 1 heterocycles. The predicted molar refractivity (Wildman–Crippen MR) is 114 cm³/mol. The van der Waals surface area contributed by atoms with E-state index in [9.17, 15) is 13.2 Å². The van der Waals surface area contributed by atoms with Gasteiger partial charge in [-0.3, -0.25) is 4.79 Å². The van der Waals surface area contributed by atoms with Crippen LogP contribution in [0.5, 0.6) is 0 Å². The molecule has 0 aliphatic carbocycles. The molecule has 7 heteroatoms. The smallest absolute Gasteiger partial charge is 0.243 e. The molecule has 1 fully saturated rings. The molecule has 0 spiro atoms. The third kappa shape index (κ3) is 4.96. The van der Waals surface area contributed by atoms with Crippen molar-refractivity contribution in [2.24, 2.45) is 0 Å². The summed E-state index contributed by atoms with van der Waals surface area (Å²) in [6.45, 7) is 4.82. The first-order chi connectivity index (χ1) is 13.4. The van der Waals surface area contributed by atoms with Gasteiger partial charge < -0.3 is 5.32 Å². The number of thioether (sulfide) groups is 1. The fourth-order valence-corrected chi connectivity index (χ4v) is 5.57. The molecule has 1 aliphatic heterocycles. The summed E-state index contributed by atoms with van der Waals surface area (Å²) in [5.41, 5.74) is 1.38. The summed E-state index contributed by atoms with van der Waals surface area (Å²) in [5.74, 6) is -0.149. The quantitative estimate of drug-likeness (QED) is 0.711. The highest BCUT2D eigenvalue weighted by molar-refractivity contribution is 8.00. The second-order valence-corrected chi connectivity index (χ2v) is 10.4.